The van der Waals surface area contributed by atoms with Crippen molar-refractivity contribution in [1.82, 2.24) is 9.97 Å². The smallest absolute Gasteiger partial charge is 0.299 e. The molecule has 0 aliphatic carbocycles. The largest absolute Gasteiger partial charge is 0.340 e. The highest BCUT2D eigenvalue weighted by Crippen LogP contribution is 2.27. The maximum absolute atomic E-state index is 13.5. The van der Waals surface area contributed by atoms with Crippen LogP contribution in [0, 0.1) is 22.9 Å². The van der Waals surface area contributed by atoms with Crippen molar-refractivity contribution >= 4 is 16.7 Å². The molecular weight excluding hydrogens is 189 g/mol. The van der Waals surface area contributed by atoms with Crippen LogP contribution in [0.25, 0.3) is 11.0 Å². The van der Waals surface area contributed by atoms with E-state index in [2.05, 4.69) is 9.97 Å². The average Bonchev–Trinajstić information content (AvgIpc) is 2.55. The summed E-state index contributed by atoms with van der Waals surface area (Å²) in [5.41, 5.74) is 0.203. The maximum Gasteiger partial charge on any atom is 0.299 e. The van der Waals surface area contributed by atoms with Crippen LogP contribution >= 0.6 is 0 Å². The molecule has 72 valence electrons. The van der Waals surface area contributed by atoms with Gasteiger partial charge in [-0.3, -0.25) is 10.1 Å². The topological polar surface area (TPSA) is 71.8 Å². The van der Waals surface area contributed by atoms with Crippen molar-refractivity contribution < 1.29 is 9.31 Å². The third-order valence-electron chi connectivity index (χ3n) is 1.99. The first kappa shape index (κ1) is 8.61. The van der Waals surface area contributed by atoms with Crippen LogP contribution in [0.4, 0.5) is 10.1 Å². The summed E-state index contributed by atoms with van der Waals surface area (Å²) >= 11 is 0. The van der Waals surface area contributed by atoms with Crippen LogP contribution in [-0.4, -0.2) is 14.9 Å². The second-order valence-electron chi connectivity index (χ2n) is 2.91. The molecule has 0 bridgehead atoms. The molecule has 2 heterocycles. The number of halogens is 1. The number of hydrogen-bond donors (Lipinski definition) is 1. The van der Waals surface area contributed by atoms with Crippen LogP contribution in [0.15, 0.2) is 12.4 Å². The predicted molar refractivity (Wildman–Crippen MR) is 47.4 cm³/mol. The van der Waals surface area contributed by atoms with Crippen molar-refractivity contribution in [3.63, 3.8) is 0 Å². The number of nitro groups is 1. The number of fused-ring (bicyclic) bond motifs is 1. The van der Waals surface area contributed by atoms with Crippen molar-refractivity contribution in [3.8, 4) is 0 Å². The van der Waals surface area contributed by atoms with Crippen molar-refractivity contribution in [1.29, 1.82) is 0 Å². The van der Waals surface area contributed by atoms with Gasteiger partial charge in [-0.25, -0.2) is 9.37 Å². The average molecular weight is 195 g/mol. The lowest BCUT2D eigenvalue weighted by molar-refractivity contribution is -0.383. The van der Waals surface area contributed by atoms with Crippen molar-refractivity contribution in [2.24, 2.45) is 0 Å². The quantitative estimate of drug-likeness (QED) is 0.558. The first-order valence-corrected chi connectivity index (χ1v) is 3.88. The maximum atomic E-state index is 13.5. The number of aryl methyl sites for hydroxylation is 1. The Kier molecular flexibility index (Phi) is 1.70. The zero-order chi connectivity index (χ0) is 10.3. The molecule has 5 nitrogen and oxygen atoms in total. The molecule has 0 radical (unpaired) electrons. The van der Waals surface area contributed by atoms with E-state index in [-0.39, 0.29) is 16.7 Å². The first-order valence-electron chi connectivity index (χ1n) is 3.88. The first-order chi connectivity index (χ1) is 6.61. The van der Waals surface area contributed by atoms with Crippen molar-refractivity contribution in [2.45, 2.75) is 6.92 Å². The Morgan fingerprint density at radius 1 is 1.64 bits per heavy atom. The minimum Gasteiger partial charge on any atom is -0.340 e. The summed E-state index contributed by atoms with van der Waals surface area (Å²) in [6.07, 6.45) is 2.47. The van der Waals surface area contributed by atoms with Crippen LogP contribution < -0.4 is 0 Å². The van der Waals surface area contributed by atoms with E-state index in [1.165, 1.54) is 13.1 Å². The zero-order valence-electron chi connectivity index (χ0n) is 7.24. The molecule has 2 aromatic rings. The number of hydrogen-bond acceptors (Lipinski definition) is 3. The molecule has 2 aromatic heterocycles. The van der Waals surface area contributed by atoms with Crippen LogP contribution in [0.3, 0.4) is 0 Å². The number of H-pyrrole nitrogens is 1. The van der Waals surface area contributed by atoms with Gasteiger partial charge in [0, 0.05) is 11.8 Å². The van der Waals surface area contributed by atoms with E-state index in [1.54, 1.807) is 0 Å². The summed E-state index contributed by atoms with van der Waals surface area (Å²) in [4.78, 5) is 16.3. The summed E-state index contributed by atoms with van der Waals surface area (Å²) in [5.74, 6) is -0.594. The minimum atomic E-state index is -0.636. The minimum absolute atomic E-state index is 0.0602. The molecule has 6 heteroatoms. The zero-order valence-corrected chi connectivity index (χ0v) is 7.24. The molecule has 14 heavy (non-hydrogen) atoms. The Morgan fingerprint density at radius 3 is 3.00 bits per heavy atom. The van der Waals surface area contributed by atoms with Crippen molar-refractivity contribution in [2.75, 3.05) is 0 Å². The monoisotopic (exact) mass is 195 g/mol. The van der Waals surface area contributed by atoms with Gasteiger partial charge < -0.3 is 4.98 Å². The molecule has 0 amide bonds. The van der Waals surface area contributed by atoms with Gasteiger partial charge in [-0.15, -0.1) is 0 Å². The lowest BCUT2D eigenvalue weighted by Crippen LogP contribution is -1.90. The van der Waals surface area contributed by atoms with Gasteiger partial charge in [-0.05, 0) is 6.92 Å². The second-order valence-corrected chi connectivity index (χ2v) is 2.91. The van der Waals surface area contributed by atoms with Crippen molar-refractivity contribution in [3.05, 3.63) is 33.9 Å². The Bertz CT molecular complexity index is 521. The Balaban J connectivity index is 2.89. The van der Waals surface area contributed by atoms with Crippen LogP contribution in [0.2, 0.25) is 0 Å². The van der Waals surface area contributed by atoms with Gasteiger partial charge in [-0.1, -0.05) is 0 Å². The van der Waals surface area contributed by atoms with Gasteiger partial charge in [-0.2, -0.15) is 0 Å². The highest BCUT2D eigenvalue weighted by Gasteiger charge is 2.19. The molecule has 1 N–H and O–H groups in total. The summed E-state index contributed by atoms with van der Waals surface area (Å²) in [6, 6.07) is 0. The highest BCUT2D eigenvalue weighted by atomic mass is 19.1. The molecule has 0 aromatic carbocycles. The van der Waals surface area contributed by atoms with Crippen LogP contribution in [0.5, 0.6) is 0 Å². The molecular formula is C8H6FN3O2. The van der Waals surface area contributed by atoms with Gasteiger partial charge in [0.1, 0.15) is 16.9 Å². The Morgan fingerprint density at radius 2 is 2.36 bits per heavy atom. The SMILES string of the molecule is Cc1cnc2[nH]cc([N+](=O)[O-])c2c1F. The number of nitrogens with zero attached hydrogens (tertiary/aromatic N) is 2. The number of nitrogens with one attached hydrogen (secondary N) is 1. The van der Waals surface area contributed by atoms with Gasteiger partial charge in [0.25, 0.3) is 5.69 Å². The number of aromatic amines is 1. The van der Waals surface area contributed by atoms with E-state index < -0.39 is 10.7 Å². The molecule has 0 atom stereocenters. The molecule has 0 spiro atoms. The van der Waals surface area contributed by atoms with E-state index >= 15 is 0 Å². The molecule has 0 aliphatic heterocycles. The van der Waals surface area contributed by atoms with Gasteiger partial charge >= 0.3 is 0 Å². The fraction of sp³-hybridized carbons (Fsp3) is 0.125. The summed E-state index contributed by atoms with van der Waals surface area (Å²) < 4.78 is 13.5. The molecule has 0 saturated heterocycles. The van der Waals surface area contributed by atoms with Gasteiger partial charge in [0.05, 0.1) is 11.1 Å². The van der Waals surface area contributed by atoms with Gasteiger partial charge in [0.15, 0.2) is 0 Å². The summed E-state index contributed by atoms with van der Waals surface area (Å²) in [6.45, 7) is 1.51. The normalized spacial score (nSPS) is 10.7. The molecule has 2 rings (SSSR count). The molecule has 0 fully saturated rings. The lowest BCUT2D eigenvalue weighted by atomic mass is 10.2. The summed E-state index contributed by atoms with van der Waals surface area (Å²) in [5, 5.41) is 10.5. The second kappa shape index (κ2) is 2.76. The van der Waals surface area contributed by atoms with Crippen LogP contribution in [-0.2, 0) is 0 Å². The molecule has 0 aliphatic rings. The third-order valence-corrected chi connectivity index (χ3v) is 1.99. The standard InChI is InChI=1S/C8H6FN3O2/c1-4-2-10-8-6(7(4)9)5(3-11-8)12(13)14/h2-3H,1H3,(H,10,11). The number of aromatic nitrogens is 2. The number of pyridine rings is 1. The Labute approximate surface area is 77.7 Å². The van der Waals surface area contributed by atoms with E-state index in [4.69, 9.17) is 0 Å². The van der Waals surface area contributed by atoms with Crippen LogP contribution in [0.1, 0.15) is 5.56 Å². The van der Waals surface area contributed by atoms with E-state index in [0.29, 0.717) is 5.56 Å². The lowest BCUT2D eigenvalue weighted by Gasteiger charge is -1.95. The number of rotatable bonds is 1. The Hall–Kier alpha value is -1.98. The fourth-order valence-electron chi connectivity index (χ4n) is 1.28. The fourth-order valence-corrected chi connectivity index (χ4v) is 1.28. The predicted octanol–water partition coefficient (Wildman–Crippen LogP) is 1.92. The summed E-state index contributed by atoms with van der Waals surface area (Å²) in [7, 11) is 0. The molecule has 0 unspecified atom stereocenters. The van der Waals surface area contributed by atoms with E-state index in [9.17, 15) is 14.5 Å². The van der Waals surface area contributed by atoms with E-state index in [1.807, 2.05) is 0 Å². The van der Waals surface area contributed by atoms with Gasteiger partial charge in [0.2, 0.25) is 0 Å². The molecule has 0 saturated carbocycles. The van der Waals surface area contributed by atoms with E-state index in [0.717, 1.165) is 6.20 Å². The third kappa shape index (κ3) is 1.04. The highest BCUT2D eigenvalue weighted by molar-refractivity contribution is 5.87.